The zero-order valence-corrected chi connectivity index (χ0v) is 16.2. The number of para-hydroxylation sites is 1. The van der Waals surface area contributed by atoms with E-state index in [1.54, 1.807) is 13.8 Å². The monoisotopic (exact) mass is 399 g/mol. The number of amides is 3. The van der Waals surface area contributed by atoms with Crippen LogP contribution in [0.1, 0.15) is 25.2 Å². The average molecular weight is 399 g/mol. The lowest BCUT2D eigenvalue weighted by Gasteiger charge is -2.15. The van der Waals surface area contributed by atoms with Crippen molar-refractivity contribution in [2.75, 3.05) is 17.6 Å². The third-order valence-corrected chi connectivity index (χ3v) is 4.18. The third kappa shape index (κ3) is 4.57. The topological polar surface area (TPSA) is 152 Å². The number of urea groups is 1. The first-order valence-electron chi connectivity index (χ1n) is 8.78. The second-order valence-electron chi connectivity index (χ2n) is 6.98. The van der Waals surface area contributed by atoms with Crippen LogP contribution in [0.3, 0.4) is 0 Å². The van der Waals surface area contributed by atoms with E-state index in [9.17, 15) is 14.4 Å². The van der Waals surface area contributed by atoms with Gasteiger partial charge in [-0.3, -0.25) is 14.5 Å². The minimum absolute atomic E-state index is 0.0435. The summed E-state index contributed by atoms with van der Waals surface area (Å²) in [5, 5.41) is 5.52. The van der Waals surface area contributed by atoms with Crippen molar-refractivity contribution < 1.29 is 19.1 Å². The molecule has 4 N–H and O–H groups in total. The smallest absolute Gasteiger partial charge is 0.326 e. The highest BCUT2D eigenvalue weighted by molar-refractivity contribution is 6.08. The number of nitrogens with two attached hydrogens (primary N) is 1. The number of carbonyl (C=O) groups is 3. The number of hydrogen-bond acceptors (Lipinski definition) is 9. The van der Waals surface area contributed by atoms with Crippen LogP contribution < -0.4 is 16.4 Å². The summed E-state index contributed by atoms with van der Waals surface area (Å²) in [6.07, 6.45) is 0. The molecular formula is C18H21N7O4. The quantitative estimate of drug-likeness (QED) is 0.474. The molecule has 11 nitrogen and oxygen atoms in total. The number of anilines is 3. The van der Waals surface area contributed by atoms with E-state index in [0.717, 1.165) is 16.2 Å². The summed E-state index contributed by atoms with van der Waals surface area (Å²) in [7, 11) is 0. The van der Waals surface area contributed by atoms with Gasteiger partial charge in [-0.2, -0.15) is 15.0 Å². The van der Waals surface area contributed by atoms with Crippen molar-refractivity contribution in [1.82, 2.24) is 25.2 Å². The molecular weight excluding hydrogens is 378 g/mol. The lowest BCUT2D eigenvalue weighted by Crippen LogP contribution is -2.41. The Bertz CT molecular complexity index is 976. The molecule has 1 fully saturated rings. The maximum Gasteiger partial charge on any atom is 0.326 e. The molecule has 2 aromatic rings. The summed E-state index contributed by atoms with van der Waals surface area (Å²) in [4.78, 5) is 48.9. The van der Waals surface area contributed by atoms with Crippen LogP contribution in [0, 0.1) is 6.92 Å². The fraction of sp³-hybridized carbons (Fsp3) is 0.333. The van der Waals surface area contributed by atoms with Gasteiger partial charge in [-0.25, -0.2) is 4.79 Å². The van der Waals surface area contributed by atoms with E-state index in [1.807, 2.05) is 31.2 Å². The number of ether oxygens (including phenoxy) is 1. The van der Waals surface area contributed by atoms with Gasteiger partial charge in [-0.05, 0) is 32.4 Å². The molecule has 152 valence electrons. The van der Waals surface area contributed by atoms with Gasteiger partial charge in [0.15, 0.2) is 12.4 Å². The molecule has 1 aromatic heterocycles. The lowest BCUT2D eigenvalue weighted by atomic mass is 10.1. The van der Waals surface area contributed by atoms with Crippen LogP contribution >= 0.6 is 0 Å². The van der Waals surface area contributed by atoms with E-state index in [1.165, 1.54) is 0 Å². The van der Waals surface area contributed by atoms with Crippen molar-refractivity contribution in [1.29, 1.82) is 0 Å². The molecule has 1 aliphatic heterocycles. The molecule has 2 heterocycles. The Morgan fingerprint density at radius 1 is 1.24 bits per heavy atom. The number of carbonyl (C=O) groups excluding carboxylic acids is 3. The van der Waals surface area contributed by atoms with E-state index in [-0.39, 0.29) is 24.3 Å². The highest BCUT2D eigenvalue weighted by atomic mass is 16.5. The summed E-state index contributed by atoms with van der Waals surface area (Å²) in [5.41, 5.74) is 6.42. The van der Waals surface area contributed by atoms with Crippen molar-refractivity contribution >= 4 is 35.5 Å². The molecule has 1 aromatic carbocycles. The van der Waals surface area contributed by atoms with Gasteiger partial charge < -0.3 is 21.1 Å². The van der Waals surface area contributed by atoms with Gasteiger partial charge in [0.05, 0.1) is 0 Å². The molecule has 0 atom stereocenters. The zero-order chi connectivity index (χ0) is 21.2. The van der Waals surface area contributed by atoms with Gasteiger partial charge >= 0.3 is 12.0 Å². The number of nitrogens with zero attached hydrogens (tertiary/aromatic N) is 4. The molecule has 0 unspecified atom stereocenters. The molecule has 3 amide bonds. The first kappa shape index (κ1) is 20.0. The van der Waals surface area contributed by atoms with Gasteiger partial charge in [0, 0.05) is 5.69 Å². The molecule has 0 radical (unpaired) electrons. The Balaban J connectivity index is 1.63. The summed E-state index contributed by atoms with van der Waals surface area (Å²) in [6, 6.07) is 6.90. The van der Waals surface area contributed by atoms with Gasteiger partial charge in [0.2, 0.25) is 11.9 Å². The standard InChI is InChI=1S/C18H21N7O4/c1-10-6-4-5-7-11(10)20-16-22-12(21-15(19)23-16)9-29-13(26)8-25-14(27)18(2,3)24-17(25)28/h4-7H,8-9H2,1-3H3,(H,24,28)(H3,19,20,21,22,23). The van der Waals surface area contributed by atoms with Crippen LogP contribution in [0.15, 0.2) is 24.3 Å². The number of benzene rings is 1. The Labute approximate surface area is 166 Å². The first-order chi connectivity index (χ1) is 13.7. The number of esters is 1. The van der Waals surface area contributed by atoms with Crippen LogP contribution in [0.25, 0.3) is 0 Å². The molecule has 0 aliphatic carbocycles. The van der Waals surface area contributed by atoms with Crippen LogP contribution in [0.4, 0.5) is 22.4 Å². The number of rotatable bonds is 6. The number of hydrogen-bond donors (Lipinski definition) is 3. The Kier molecular flexibility index (Phi) is 5.31. The Hall–Kier alpha value is -3.76. The van der Waals surface area contributed by atoms with Gasteiger partial charge in [0.1, 0.15) is 12.1 Å². The molecule has 1 aliphatic rings. The summed E-state index contributed by atoms with van der Waals surface area (Å²) in [6.45, 7) is 4.22. The number of aromatic nitrogens is 3. The van der Waals surface area contributed by atoms with Crippen molar-refractivity contribution in [2.24, 2.45) is 0 Å². The minimum atomic E-state index is -1.06. The Morgan fingerprint density at radius 3 is 2.62 bits per heavy atom. The SMILES string of the molecule is Cc1ccccc1Nc1nc(N)nc(COC(=O)CN2C(=O)NC(C)(C)C2=O)n1. The second-order valence-corrected chi connectivity index (χ2v) is 6.98. The van der Waals surface area contributed by atoms with E-state index in [2.05, 4.69) is 25.6 Å². The van der Waals surface area contributed by atoms with Crippen LogP contribution in [0.2, 0.25) is 0 Å². The number of aryl methyl sites for hydroxylation is 1. The number of imide groups is 1. The minimum Gasteiger partial charge on any atom is -0.456 e. The summed E-state index contributed by atoms with van der Waals surface area (Å²) >= 11 is 0. The molecule has 0 bridgehead atoms. The van der Waals surface area contributed by atoms with Crippen LogP contribution in [-0.2, 0) is 20.9 Å². The fourth-order valence-corrected chi connectivity index (χ4v) is 2.67. The van der Waals surface area contributed by atoms with Crippen LogP contribution in [0.5, 0.6) is 0 Å². The Morgan fingerprint density at radius 2 is 1.97 bits per heavy atom. The van der Waals surface area contributed by atoms with Gasteiger partial charge in [-0.15, -0.1) is 0 Å². The van der Waals surface area contributed by atoms with Gasteiger partial charge in [0.25, 0.3) is 5.91 Å². The molecule has 3 rings (SSSR count). The largest absolute Gasteiger partial charge is 0.456 e. The maximum atomic E-state index is 12.1. The maximum absolute atomic E-state index is 12.1. The summed E-state index contributed by atoms with van der Waals surface area (Å²) in [5.74, 6) is -1.00. The molecule has 29 heavy (non-hydrogen) atoms. The predicted octanol–water partition coefficient (Wildman–Crippen LogP) is 0.879. The highest BCUT2D eigenvalue weighted by Crippen LogP contribution is 2.18. The molecule has 1 saturated heterocycles. The summed E-state index contributed by atoms with van der Waals surface area (Å²) < 4.78 is 5.09. The molecule has 0 spiro atoms. The van der Waals surface area contributed by atoms with Gasteiger partial charge in [-0.1, -0.05) is 18.2 Å². The second kappa shape index (κ2) is 7.70. The zero-order valence-electron chi connectivity index (χ0n) is 16.2. The highest BCUT2D eigenvalue weighted by Gasteiger charge is 2.45. The normalized spacial score (nSPS) is 15.2. The third-order valence-electron chi connectivity index (χ3n) is 4.18. The van der Waals surface area contributed by atoms with Crippen molar-refractivity contribution in [3.63, 3.8) is 0 Å². The van der Waals surface area contributed by atoms with E-state index in [4.69, 9.17) is 10.5 Å². The predicted molar refractivity (Wildman–Crippen MR) is 103 cm³/mol. The van der Waals surface area contributed by atoms with Crippen molar-refractivity contribution in [2.45, 2.75) is 32.9 Å². The number of nitrogen functional groups attached to an aromatic ring is 1. The fourth-order valence-electron chi connectivity index (χ4n) is 2.67. The van der Waals surface area contributed by atoms with E-state index >= 15 is 0 Å². The van der Waals surface area contributed by atoms with E-state index < -0.39 is 30.0 Å². The van der Waals surface area contributed by atoms with Crippen molar-refractivity contribution in [3.8, 4) is 0 Å². The average Bonchev–Trinajstić information content (AvgIpc) is 2.83. The number of nitrogens with one attached hydrogen (secondary N) is 2. The molecule has 0 saturated carbocycles. The first-order valence-corrected chi connectivity index (χ1v) is 8.78. The molecule has 11 heteroatoms. The lowest BCUT2D eigenvalue weighted by molar-refractivity contribution is -0.148. The van der Waals surface area contributed by atoms with Crippen molar-refractivity contribution in [3.05, 3.63) is 35.7 Å². The van der Waals surface area contributed by atoms with E-state index in [0.29, 0.717) is 0 Å². The van der Waals surface area contributed by atoms with Crippen LogP contribution in [-0.4, -0.2) is 49.8 Å².